The molecule has 0 aromatic carbocycles. The Labute approximate surface area is 50.6 Å². The molecule has 1 rings (SSSR count). The topological polar surface area (TPSA) is 25.8 Å². The predicted molar refractivity (Wildman–Crippen MR) is 25.8 cm³/mol. The minimum absolute atomic E-state index is 0.287. The Bertz CT molecular complexity index is 176. The van der Waals surface area contributed by atoms with Crippen molar-refractivity contribution in [3.63, 3.8) is 0 Å². The van der Waals surface area contributed by atoms with Crippen LogP contribution in [0.4, 0.5) is 8.78 Å². The van der Waals surface area contributed by atoms with Crippen LogP contribution in [0.5, 0.6) is 0 Å². The maximum absolute atomic E-state index is 11.7. The Morgan fingerprint density at radius 2 is 2.33 bits per heavy atom. The molecule has 0 aliphatic rings. The Hall–Kier alpha value is -1.06. The maximum Gasteiger partial charge on any atom is 0.280 e. The number of rotatable bonds is 1. The van der Waals surface area contributed by atoms with E-state index >= 15 is 0 Å². The molecule has 0 bridgehead atoms. The van der Waals surface area contributed by atoms with Crippen LogP contribution in [0.2, 0.25) is 0 Å². The lowest BCUT2D eigenvalue weighted by Crippen LogP contribution is -1.88. The Morgan fingerprint density at radius 3 is 2.67 bits per heavy atom. The van der Waals surface area contributed by atoms with E-state index in [1.807, 2.05) is 0 Å². The number of hydrogen-bond donors (Lipinski definition) is 0. The van der Waals surface area contributed by atoms with Gasteiger partial charge >= 0.3 is 0 Å². The van der Waals surface area contributed by atoms with E-state index in [-0.39, 0.29) is 5.69 Å². The summed E-state index contributed by atoms with van der Waals surface area (Å²) < 4.78 is 23.3. The van der Waals surface area contributed by atoms with Crippen molar-refractivity contribution in [2.45, 2.75) is 6.43 Å². The molecule has 0 N–H and O–H groups in total. The summed E-state index contributed by atoms with van der Waals surface area (Å²) in [6, 6.07) is 1.15. The van der Waals surface area contributed by atoms with Crippen molar-refractivity contribution in [3.05, 3.63) is 24.3 Å². The van der Waals surface area contributed by atoms with Crippen LogP contribution in [-0.4, -0.2) is 9.97 Å². The van der Waals surface area contributed by atoms with Crippen molar-refractivity contribution < 1.29 is 8.78 Å². The van der Waals surface area contributed by atoms with Crippen LogP contribution in [0.3, 0.4) is 0 Å². The molecule has 1 heterocycles. The molecule has 0 aliphatic carbocycles. The summed E-state index contributed by atoms with van der Waals surface area (Å²) in [5, 5.41) is 0. The summed E-state index contributed by atoms with van der Waals surface area (Å²) >= 11 is 0. The maximum atomic E-state index is 11.7. The third kappa shape index (κ3) is 1.42. The monoisotopic (exact) mass is 129 g/mol. The highest BCUT2D eigenvalue weighted by Gasteiger charge is 2.05. The molecule has 0 fully saturated rings. The second-order valence-corrected chi connectivity index (χ2v) is 1.38. The van der Waals surface area contributed by atoms with E-state index in [2.05, 4.69) is 16.3 Å². The normalized spacial score (nSPS) is 10.1. The first kappa shape index (κ1) is 6.07. The van der Waals surface area contributed by atoms with E-state index < -0.39 is 6.43 Å². The molecule has 0 saturated heterocycles. The van der Waals surface area contributed by atoms with Gasteiger partial charge in [0.2, 0.25) is 0 Å². The fourth-order valence-electron chi connectivity index (χ4n) is 0.392. The fraction of sp³-hybridized carbons (Fsp3) is 0.200. The van der Waals surface area contributed by atoms with E-state index in [1.54, 1.807) is 0 Å². The zero-order valence-corrected chi connectivity index (χ0v) is 4.38. The van der Waals surface area contributed by atoms with Gasteiger partial charge in [-0.3, -0.25) is 0 Å². The van der Waals surface area contributed by atoms with E-state index in [0.717, 1.165) is 6.07 Å². The molecular weight excluding hydrogens is 126 g/mol. The van der Waals surface area contributed by atoms with Gasteiger partial charge in [-0.05, 0) is 6.07 Å². The molecule has 2 nitrogen and oxygen atoms in total. The van der Waals surface area contributed by atoms with Crippen molar-refractivity contribution >= 4 is 0 Å². The molecule has 1 aromatic rings. The largest absolute Gasteiger partial charge is 0.280 e. The number of hydrogen-bond acceptors (Lipinski definition) is 2. The number of nitrogens with zero attached hydrogens (tertiary/aromatic N) is 2. The average molecular weight is 129 g/mol. The van der Waals surface area contributed by atoms with Crippen LogP contribution >= 0.6 is 0 Å². The van der Waals surface area contributed by atoms with Gasteiger partial charge in [0, 0.05) is 6.20 Å². The van der Waals surface area contributed by atoms with Gasteiger partial charge in [-0.25, -0.2) is 18.7 Å². The van der Waals surface area contributed by atoms with Gasteiger partial charge in [0.15, 0.2) is 6.33 Å². The zero-order valence-electron chi connectivity index (χ0n) is 4.38. The van der Waals surface area contributed by atoms with Gasteiger partial charge in [-0.1, -0.05) is 0 Å². The molecule has 0 atom stereocenters. The Morgan fingerprint density at radius 1 is 1.56 bits per heavy atom. The second kappa shape index (κ2) is 2.48. The van der Waals surface area contributed by atoms with Gasteiger partial charge in [-0.15, -0.1) is 0 Å². The second-order valence-electron chi connectivity index (χ2n) is 1.38. The van der Waals surface area contributed by atoms with Crippen LogP contribution in [0.1, 0.15) is 12.1 Å². The van der Waals surface area contributed by atoms with Crippen molar-refractivity contribution in [2.24, 2.45) is 0 Å². The molecule has 0 amide bonds. The molecule has 0 spiro atoms. The molecule has 47 valence electrons. The van der Waals surface area contributed by atoms with Gasteiger partial charge < -0.3 is 0 Å². The standard InChI is InChI=1S/C5H3F2N2/c6-5(7)4-1-2-8-3-9-4/h1-2,5H. The zero-order chi connectivity index (χ0) is 6.69. The first-order chi connectivity index (χ1) is 4.30. The highest BCUT2D eigenvalue weighted by molar-refractivity contribution is 4.97. The molecule has 0 aliphatic heterocycles. The lowest BCUT2D eigenvalue weighted by atomic mass is 10.4. The Kier molecular flexibility index (Phi) is 1.67. The SMILES string of the molecule is FC(F)c1ccn[c]n1. The molecule has 4 heteroatoms. The van der Waals surface area contributed by atoms with Crippen LogP contribution < -0.4 is 0 Å². The molecule has 1 radical (unpaired) electrons. The lowest BCUT2D eigenvalue weighted by molar-refractivity contribution is 0.146. The summed E-state index contributed by atoms with van der Waals surface area (Å²) in [7, 11) is 0. The third-order valence-electron chi connectivity index (χ3n) is 0.780. The van der Waals surface area contributed by atoms with E-state index in [1.165, 1.54) is 6.20 Å². The number of alkyl halides is 2. The van der Waals surface area contributed by atoms with E-state index in [0.29, 0.717) is 0 Å². The Balaban J connectivity index is 2.85. The van der Waals surface area contributed by atoms with Crippen molar-refractivity contribution in [2.75, 3.05) is 0 Å². The smallest absolute Gasteiger partial charge is 0.234 e. The highest BCUT2D eigenvalue weighted by Crippen LogP contribution is 2.13. The summed E-state index contributed by atoms with van der Waals surface area (Å²) in [6.45, 7) is 0. The van der Waals surface area contributed by atoms with Crippen LogP contribution in [0.25, 0.3) is 0 Å². The van der Waals surface area contributed by atoms with E-state index in [4.69, 9.17) is 0 Å². The molecule has 0 unspecified atom stereocenters. The first-order valence-electron chi connectivity index (χ1n) is 2.28. The highest BCUT2D eigenvalue weighted by atomic mass is 19.3. The number of aromatic nitrogens is 2. The van der Waals surface area contributed by atoms with Gasteiger partial charge in [0.1, 0.15) is 5.69 Å². The first-order valence-corrected chi connectivity index (χ1v) is 2.28. The molecule has 0 saturated carbocycles. The predicted octanol–water partition coefficient (Wildman–Crippen LogP) is 1.21. The molecule has 9 heavy (non-hydrogen) atoms. The third-order valence-corrected chi connectivity index (χ3v) is 0.780. The van der Waals surface area contributed by atoms with Crippen molar-refractivity contribution in [1.29, 1.82) is 0 Å². The fourth-order valence-corrected chi connectivity index (χ4v) is 0.392. The molecular formula is C5H3F2N2. The van der Waals surface area contributed by atoms with Crippen LogP contribution in [0.15, 0.2) is 12.3 Å². The quantitative estimate of drug-likeness (QED) is 0.569. The van der Waals surface area contributed by atoms with Crippen LogP contribution in [-0.2, 0) is 0 Å². The van der Waals surface area contributed by atoms with Gasteiger partial charge in [0.05, 0.1) is 0 Å². The van der Waals surface area contributed by atoms with Crippen molar-refractivity contribution in [3.8, 4) is 0 Å². The van der Waals surface area contributed by atoms with E-state index in [9.17, 15) is 8.78 Å². The van der Waals surface area contributed by atoms with Crippen molar-refractivity contribution in [1.82, 2.24) is 9.97 Å². The summed E-state index contributed by atoms with van der Waals surface area (Å²) in [6.07, 6.45) is 0.769. The van der Waals surface area contributed by atoms with Crippen LogP contribution in [0, 0.1) is 6.33 Å². The summed E-state index contributed by atoms with van der Waals surface area (Å²) in [5.41, 5.74) is -0.287. The molecule has 1 aromatic heterocycles. The number of halogens is 2. The van der Waals surface area contributed by atoms with Gasteiger partial charge in [-0.2, -0.15) is 0 Å². The van der Waals surface area contributed by atoms with Gasteiger partial charge in [0.25, 0.3) is 6.43 Å². The average Bonchev–Trinajstić information content (AvgIpc) is 1.90. The minimum atomic E-state index is -2.52. The summed E-state index contributed by atoms with van der Waals surface area (Å²) in [5.74, 6) is 0. The summed E-state index contributed by atoms with van der Waals surface area (Å²) in [4.78, 5) is 6.55. The lowest BCUT2D eigenvalue weighted by Gasteiger charge is -1.92. The minimum Gasteiger partial charge on any atom is -0.234 e.